The molecular weight excluding hydrogens is 568 g/mol. The van der Waals surface area contributed by atoms with Gasteiger partial charge < -0.3 is 4.74 Å². The van der Waals surface area contributed by atoms with Crippen molar-refractivity contribution in [2.75, 3.05) is 6.61 Å². The SMILES string of the molecule is CC1(C)CC[C@]23CC[C@]4(C)[C@H](CC[C@@H]5[C@@]6(C)C[C@@]7(C[C@@H]7c7cccc(Br)c7)C(=O)C(C)(C)[C@H]6CC[C@]54C)[C@H]2[C@H]1OC3. The monoisotopic (exact) mass is 620 g/mol. The summed E-state index contributed by atoms with van der Waals surface area (Å²) in [6.45, 7) is 18.9. The summed E-state index contributed by atoms with van der Waals surface area (Å²) in [5, 5.41) is 0. The Morgan fingerprint density at radius 1 is 0.854 bits per heavy atom. The smallest absolute Gasteiger partial charge is 0.145 e. The minimum atomic E-state index is -0.246. The Morgan fingerprint density at radius 3 is 2.37 bits per heavy atom. The molecule has 0 N–H and O–H groups in total. The first-order chi connectivity index (χ1) is 19.1. The zero-order valence-corrected chi connectivity index (χ0v) is 28.3. The lowest BCUT2D eigenvalue weighted by atomic mass is 9.31. The molecule has 2 bridgehead atoms. The van der Waals surface area contributed by atoms with E-state index in [0.717, 1.165) is 35.8 Å². The predicted octanol–water partition coefficient (Wildman–Crippen LogP) is 9.99. The van der Waals surface area contributed by atoms with Crippen LogP contribution in [0.5, 0.6) is 0 Å². The van der Waals surface area contributed by atoms with E-state index in [1.54, 1.807) is 0 Å². The van der Waals surface area contributed by atoms with Crippen LogP contribution in [-0.2, 0) is 9.53 Å². The number of hydrogen-bond acceptors (Lipinski definition) is 2. The van der Waals surface area contributed by atoms with Crippen molar-refractivity contribution < 1.29 is 9.53 Å². The van der Waals surface area contributed by atoms with Gasteiger partial charge in [-0.25, -0.2) is 0 Å². The summed E-state index contributed by atoms with van der Waals surface area (Å²) >= 11 is 3.71. The van der Waals surface area contributed by atoms with Crippen LogP contribution in [-0.4, -0.2) is 18.5 Å². The summed E-state index contributed by atoms with van der Waals surface area (Å²) in [6, 6.07) is 8.84. The molecule has 0 radical (unpaired) electrons. The first-order valence-corrected chi connectivity index (χ1v) is 17.9. The Morgan fingerprint density at radius 2 is 1.61 bits per heavy atom. The fourth-order valence-electron chi connectivity index (χ4n) is 14.2. The van der Waals surface area contributed by atoms with Crippen LogP contribution in [0.3, 0.4) is 0 Å². The fraction of sp³-hybridized carbons (Fsp3) is 0.816. The van der Waals surface area contributed by atoms with E-state index in [1.807, 2.05) is 0 Å². The number of carbonyl (C=O) groups is 1. The van der Waals surface area contributed by atoms with Crippen LogP contribution in [0.4, 0.5) is 0 Å². The zero-order valence-electron chi connectivity index (χ0n) is 26.7. The molecule has 0 unspecified atom stereocenters. The molecule has 0 aromatic heterocycles. The van der Waals surface area contributed by atoms with Crippen molar-refractivity contribution in [3.63, 3.8) is 0 Å². The molecule has 2 nitrogen and oxygen atoms in total. The third-order valence-electron chi connectivity index (χ3n) is 16.3. The van der Waals surface area contributed by atoms with Gasteiger partial charge in [-0.1, -0.05) is 76.5 Å². The van der Waals surface area contributed by atoms with Gasteiger partial charge in [-0.3, -0.25) is 4.79 Å². The molecule has 41 heavy (non-hydrogen) atoms. The molecule has 1 spiro atoms. The van der Waals surface area contributed by atoms with Crippen LogP contribution in [0.2, 0.25) is 0 Å². The third-order valence-corrected chi connectivity index (χ3v) is 16.8. The average molecular weight is 622 g/mol. The summed E-state index contributed by atoms with van der Waals surface area (Å²) in [6.07, 6.45) is 13.3. The maximum Gasteiger partial charge on any atom is 0.145 e. The Bertz CT molecular complexity index is 1310. The van der Waals surface area contributed by atoms with E-state index < -0.39 is 0 Å². The van der Waals surface area contributed by atoms with E-state index in [4.69, 9.17) is 4.74 Å². The standard InChI is InChI=1S/C38H53BrO2/c1-32(2)15-17-37-18-16-35(6)25(29(37)30(32)41-22-37)11-12-28-34(5)21-38(20-26(38)23-9-8-10-24(39)19-23)31(40)33(3,4)27(34)13-14-36(28,35)7/h8-10,19,25-30H,11-18,20-22H2,1-7H3/t25-,26-,27-,28-,29+,30-,34+,35-,36-,37-,38-/m1/s1. The van der Waals surface area contributed by atoms with Crippen molar-refractivity contribution in [3.05, 3.63) is 34.3 Å². The summed E-state index contributed by atoms with van der Waals surface area (Å²) in [5.41, 5.74) is 2.63. The van der Waals surface area contributed by atoms with Gasteiger partial charge >= 0.3 is 0 Å². The lowest BCUT2D eigenvalue weighted by Gasteiger charge is -2.73. The number of fused-ring (bicyclic) bond motifs is 5. The number of hydrogen-bond donors (Lipinski definition) is 0. The minimum Gasteiger partial charge on any atom is -0.377 e. The maximum atomic E-state index is 14.5. The Hall–Kier alpha value is -0.670. The van der Waals surface area contributed by atoms with Crippen LogP contribution in [0, 0.1) is 61.6 Å². The van der Waals surface area contributed by atoms with Gasteiger partial charge in [-0.05, 0) is 139 Å². The van der Waals surface area contributed by atoms with E-state index >= 15 is 0 Å². The molecule has 1 aromatic rings. The van der Waals surface area contributed by atoms with E-state index in [1.165, 1.54) is 56.9 Å². The molecule has 1 aliphatic heterocycles. The van der Waals surface area contributed by atoms with Gasteiger partial charge in [0, 0.05) is 15.3 Å². The molecule has 6 aliphatic carbocycles. The molecule has 1 saturated heterocycles. The van der Waals surface area contributed by atoms with Gasteiger partial charge in [0.05, 0.1) is 12.7 Å². The van der Waals surface area contributed by atoms with Gasteiger partial charge in [0.25, 0.3) is 0 Å². The molecule has 224 valence electrons. The molecule has 3 heteroatoms. The fourth-order valence-corrected chi connectivity index (χ4v) is 14.7. The highest BCUT2D eigenvalue weighted by Gasteiger charge is 2.77. The minimum absolute atomic E-state index is 0.164. The zero-order chi connectivity index (χ0) is 29.0. The number of Topliss-reactive ketones (excluding diaryl/α,β-unsaturated/α-hetero) is 1. The molecule has 0 amide bonds. The van der Waals surface area contributed by atoms with Gasteiger partial charge in [0.15, 0.2) is 0 Å². The molecular formula is C38H53BrO2. The number of benzene rings is 1. The normalized spacial score (nSPS) is 54.1. The molecule has 1 aromatic carbocycles. The van der Waals surface area contributed by atoms with Crippen molar-refractivity contribution >= 4 is 21.7 Å². The lowest BCUT2D eigenvalue weighted by Crippen LogP contribution is -2.68. The van der Waals surface area contributed by atoms with Gasteiger partial charge in [-0.2, -0.15) is 0 Å². The summed E-state index contributed by atoms with van der Waals surface area (Å²) in [7, 11) is 0. The quantitative estimate of drug-likeness (QED) is 0.312. The van der Waals surface area contributed by atoms with Gasteiger partial charge in [-0.15, -0.1) is 0 Å². The number of ether oxygens (including phenoxy) is 1. The van der Waals surface area contributed by atoms with E-state index in [9.17, 15) is 4.79 Å². The highest BCUT2D eigenvalue weighted by molar-refractivity contribution is 9.10. The topological polar surface area (TPSA) is 26.3 Å². The Kier molecular flexibility index (Phi) is 5.52. The highest BCUT2D eigenvalue weighted by Crippen LogP contribution is 2.81. The van der Waals surface area contributed by atoms with Crippen molar-refractivity contribution in [1.82, 2.24) is 0 Å². The van der Waals surface area contributed by atoms with Crippen molar-refractivity contribution in [2.45, 2.75) is 125 Å². The molecule has 8 rings (SSSR count). The van der Waals surface area contributed by atoms with Crippen LogP contribution in [0.25, 0.3) is 0 Å². The second kappa shape index (κ2) is 8.13. The molecule has 1 heterocycles. The van der Waals surface area contributed by atoms with E-state index in [0.29, 0.717) is 51.3 Å². The van der Waals surface area contributed by atoms with E-state index in [-0.39, 0.29) is 16.2 Å². The number of halogens is 1. The second-order valence-electron chi connectivity index (χ2n) is 18.5. The van der Waals surface area contributed by atoms with Crippen LogP contribution in [0.1, 0.15) is 124 Å². The molecule has 11 atom stereocenters. The van der Waals surface area contributed by atoms with Crippen molar-refractivity contribution in [3.8, 4) is 0 Å². The number of rotatable bonds is 1. The second-order valence-corrected chi connectivity index (χ2v) is 19.4. The van der Waals surface area contributed by atoms with Crippen LogP contribution in [0.15, 0.2) is 28.7 Å². The predicted molar refractivity (Wildman–Crippen MR) is 169 cm³/mol. The Balaban J connectivity index is 1.18. The van der Waals surface area contributed by atoms with Crippen molar-refractivity contribution in [1.29, 1.82) is 0 Å². The molecule has 6 saturated carbocycles. The molecule has 7 fully saturated rings. The largest absolute Gasteiger partial charge is 0.377 e. The summed E-state index contributed by atoms with van der Waals surface area (Å²) < 4.78 is 7.93. The molecule has 7 aliphatic rings. The summed E-state index contributed by atoms with van der Waals surface area (Å²) in [4.78, 5) is 14.5. The van der Waals surface area contributed by atoms with Crippen LogP contribution < -0.4 is 0 Å². The number of ketones is 1. The van der Waals surface area contributed by atoms with Gasteiger partial charge in [0.2, 0.25) is 0 Å². The van der Waals surface area contributed by atoms with E-state index in [2.05, 4.69) is 88.7 Å². The average Bonchev–Trinajstić information content (AvgIpc) is 3.51. The Labute approximate surface area is 257 Å². The first kappa shape index (κ1) is 27.8. The van der Waals surface area contributed by atoms with Crippen molar-refractivity contribution in [2.24, 2.45) is 61.6 Å². The maximum absolute atomic E-state index is 14.5. The first-order valence-electron chi connectivity index (χ1n) is 17.1. The van der Waals surface area contributed by atoms with Gasteiger partial charge in [0.1, 0.15) is 5.78 Å². The highest BCUT2D eigenvalue weighted by atomic mass is 79.9. The number of carbonyl (C=O) groups excluding carboxylic acids is 1. The summed E-state index contributed by atoms with van der Waals surface area (Å²) in [5.74, 6) is 3.70. The lowest BCUT2D eigenvalue weighted by molar-refractivity contribution is -0.244. The van der Waals surface area contributed by atoms with Crippen LogP contribution >= 0.6 is 15.9 Å². The third kappa shape index (κ3) is 3.23.